The molecular formula is C30H41NO8Si. The Bertz CT molecular complexity index is 1180. The third-order valence-electron chi connectivity index (χ3n) is 8.53. The first-order chi connectivity index (χ1) is 18.6. The van der Waals surface area contributed by atoms with Gasteiger partial charge in [0.1, 0.15) is 6.10 Å². The number of rotatable bonds is 6. The lowest BCUT2D eigenvalue weighted by Gasteiger charge is -2.49. The molecule has 2 aromatic rings. The van der Waals surface area contributed by atoms with Crippen LogP contribution >= 0.6 is 0 Å². The van der Waals surface area contributed by atoms with Crippen molar-refractivity contribution in [3.05, 3.63) is 70.8 Å². The van der Waals surface area contributed by atoms with E-state index < -0.39 is 55.8 Å². The zero-order valence-corrected chi connectivity index (χ0v) is 25.3. The predicted molar refractivity (Wildman–Crippen MR) is 152 cm³/mol. The monoisotopic (exact) mass is 571 g/mol. The minimum atomic E-state index is -3.05. The summed E-state index contributed by atoms with van der Waals surface area (Å²) in [6.45, 7) is 13.3. The second kappa shape index (κ2) is 9.97. The van der Waals surface area contributed by atoms with E-state index in [0.29, 0.717) is 0 Å². The summed E-state index contributed by atoms with van der Waals surface area (Å²) in [5.41, 5.74) is -1.35. The lowest BCUT2D eigenvalue weighted by atomic mass is 9.70. The van der Waals surface area contributed by atoms with Crippen molar-refractivity contribution >= 4 is 18.7 Å². The molecular weight excluding hydrogens is 530 g/mol. The first-order valence-electron chi connectivity index (χ1n) is 13.9. The molecule has 10 heteroatoms. The fourth-order valence-electron chi connectivity index (χ4n) is 6.92. The number of hydrogen-bond acceptors (Lipinski definition) is 8. The van der Waals surface area contributed by atoms with E-state index in [0.717, 1.165) is 10.4 Å². The molecule has 2 saturated heterocycles. The first kappa shape index (κ1) is 29.3. The van der Waals surface area contributed by atoms with Crippen LogP contribution in [0.3, 0.4) is 0 Å². The molecule has 3 aliphatic rings. The summed E-state index contributed by atoms with van der Waals surface area (Å²) in [5.74, 6) is -3.06. The van der Waals surface area contributed by atoms with Gasteiger partial charge in [0.25, 0.3) is 8.32 Å². The number of aliphatic hydroxyl groups excluding tert-OH is 1. The van der Waals surface area contributed by atoms with Gasteiger partial charge >= 0.3 is 0 Å². The van der Waals surface area contributed by atoms with Crippen LogP contribution in [0, 0.1) is 16.0 Å². The van der Waals surface area contributed by atoms with E-state index in [1.165, 1.54) is 0 Å². The Kier molecular flexibility index (Phi) is 7.31. The van der Waals surface area contributed by atoms with Gasteiger partial charge in [-0.25, -0.2) is 0 Å². The summed E-state index contributed by atoms with van der Waals surface area (Å²) in [6, 6.07) is 18.9. The van der Waals surface area contributed by atoms with Crippen molar-refractivity contribution in [2.24, 2.45) is 5.92 Å². The second-order valence-electron chi connectivity index (χ2n) is 13.1. The van der Waals surface area contributed by atoms with Gasteiger partial charge in [-0.2, -0.15) is 0 Å². The lowest BCUT2D eigenvalue weighted by molar-refractivity contribution is -0.556. The highest BCUT2D eigenvalue weighted by Crippen LogP contribution is 2.51. The maximum atomic E-state index is 12.7. The molecule has 0 unspecified atom stereocenters. The molecule has 0 amide bonds. The summed E-state index contributed by atoms with van der Waals surface area (Å²) in [4.78, 5) is 12.3. The van der Waals surface area contributed by atoms with Crippen LogP contribution in [0.4, 0.5) is 0 Å². The van der Waals surface area contributed by atoms with Crippen molar-refractivity contribution in [2.45, 2.75) is 95.0 Å². The van der Waals surface area contributed by atoms with Gasteiger partial charge in [0.2, 0.25) is 6.04 Å². The third kappa shape index (κ3) is 4.73. The average Bonchev–Trinajstić information content (AvgIpc) is 3.38. The normalized spacial score (nSPS) is 33.1. The number of aliphatic hydroxyl groups is 1. The molecule has 0 aromatic heterocycles. The molecule has 9 nitrogen and oxygen atoms in total. The highest BCUT2D eigenvalue weighted by Gasteiger charge is 2.72. The van der Waals surface area contributed by atoms with E-state index in [4.69, 9.17) is 23.4 Å². The Balaban J connectivity index is 1.61. The fourth-order valence-corrected chi connectivity index (χ4v) is 11.5. The predicted octanol–water partition coefficient (Wildman–Crippen LogP) is 3.24. The zero-order valence-electron chi connectivity index (χ0n) is 24.3. The van der Waals surface area contributed by atoms with E-state index in [2.05, 4.69) is 45.0 Å². The van der Waals surface area contributed by atoms with Crippen molar-refractivity contribution in [1.29, 1.82) is 0 Å². The Morgan fingerprint density at radius 2 is 1.52 bits per heavy atom. The Labute approximate surface area is 237 Å². The van der Waals surface area contributed by atoms with E-state index in [1.807, 2.05) is 36.4 Å². The number of nitro groups is 1. The molecule has 1 spiro atoms. The maximum Gasteiger partial charge on any atom is 0.261 e. The van der Waals surface area contributed by atoms with Gasteiger partial charge in [-0.15, -0.1) is 0 Å². The minimum Gasteiger partial charge on any atom is -0.407 e. The van der Waals surface area contributed by atoms with Crippen LogP contribution in [0.1, 0.15) is 48.5 Å². The largest absolute Gasteiger partial charge is 0.407 e. The lowest BCUT2D eigenvalue weighted by Crippen LogP contribution is -2.72. The Hall–Kier alpha value is -2.18. The summed E-state index contributed by atoms with van der Waals surface area (Å²) in [7, 11) is -3.05. The minimum absolute atomic E-state index is 0.0158. The molecule has 5 rings (SSSR count). The molecule has 0 radical (unpaired) electrons. The van der Waals surface area contributed by atoms with Crippen molar-refractivity contribution in [3.63, 3.8) is 0 Å². The standard InChI is InChI=1S/C30H41NO8Si/c1-27(2,3)40(20-14-10-8-11-15-20,21-16-12-9-13-17-21)36-18-22-23(31(33)34)24-26(38-29(6,7)37-24)30(25(22)32)19-35-28(4,5)39-30/h8-17,22-26,32H,18-19H2,1-7H3/t22-,23-,24+,25-,26+,30+/m1/s1. The third-order valence-corrected chi connectivity index (χ3v) is 13.5. The van der Waals surface area contributed by atoms with Crippen LogP contribution in [0.2, 0.25) is 5.04 Å². The second-order valence-corrected chi connectivity index (χ2v) is 17.4. The van der Waals surface area contributed by atoms with Crippen LogP contribution in [-0.4, -0.2) is 73.1 Å². The van der Waals surface area contributed by atoms with Gasteiger partial charge in [-0.05, 0) is 43.1 Å². The number of nitrogens with zero attached hydrogens (tertiary/aromatic N) is 1. The first-order valence-corrected chi connectivity index (χ1v) is 15.8. The van der Waals surface area contributed by atoms with Gasteiger partial charge in [0.05, 0.1) is 18.6 Å². The topological polar surface area (TPSA) is 110 Å². The number of benzene rings is 2. The van der Waals surface area contributed by atoms with Crippen molar-refractivity contribution < 1.29 is 33.4 Å². The highest BCUT2D eigenvalue weighted by atomic mass is 28.4. The van der Waals surface area contributed by atoms with Gasteiger partial charge < -0.3 is 28.5 Å². The van der Waals surface area contributed by atoms with Crippen LogP contribution < -0.4 is 10.4 Å². The Morgan fingerprint density at radius 3 is 1.98 bits per heavy atom. The molecule has 1 aliphatic carbocycles. The SMILES string of the molecule is CC1(C)O[C@H]2[C@H]([N+](=O)[O-])[C@@H](CO[Si](c3ccccc3)(c3ccccc3)C(C)(C)C)[C@@H](O)[C@@]3(COC(C)(C)O3)[C@H]2O1. The smallest absolute Gasteiger partial charge is 0.261 e. The molecule has 0 bridgehead atoms. The number of ether oxygens (including phenoxy) is 4. The Morgan fingerprint density at radius 1 is 0.975 bits per heavy atom. The summed E-state index contributed by atoms with van der Waals surface area (Å²) in [6.07, 6.45) is -3.15. The van der Waals surface area contributed by atoms with E-state index in [9.17, 15) is 15.2 Å². The van der Waals surface area contributed by atoms with Crippen LogP contribution in [0.25, 0.3) is 0 Å². The van der Waals surface area contributed by atoms with Gasteiger partial charge in [-0.1, -0.05) is 81.4 Å². The molecule has 1 N–H and O–H groups in total. The quantitative estimate of drug-likeness (QED) is 0.320. The van der Waals surface area contributed by atoms with E-state index in [1.54, 1.807) is 27.7 Å². The van der Waals surface area contributed by atoms with Crippen molar-refractivity contribution in [3.8, 4) is 0 Å². The molecule has 2 aromatic carbocycles. The van der Waals surface area contributed by atoms with Crippen LogP contribution in [0.15, 0.2) is 60.7 Å². The molecule has 2 aliphatic heterocycles. The summed E-state index contributed by atoms with van der Waals surface area (Å²) in [5, 5.41) is 26.5. The van der Waals surface area contributed by atoms with Crippen molar-refractivity contribution in [1.82, 2.24) is 0 Å². The van der Waals surface area contributed by atoms with Crippen molar-refractivity contribution in [2.75, 3.05) is 13.2 Å². The molecule has 2 heterocycles. The maximum absolute atomic E-state index is 12.7. The number of fused-ring (bicyclic) bond motifs is 2. The average molecular weight is 572 g/mol. The van der Waals surface area contributed by atoms with E-state index >= 15 is 0 Å². The van der Waals surface area contributed by atoms with E-state index in [-0.39, 0.29) is 23.2 Å². The molecule has 218 valence electrons. The van der Waals surface area contributed by atoms with Gasteiger partial charge in [-0.3, -0.25) is 10.1 Å². The zero-order chi connectivity index (χ0) is 29.1. The molecule has 6 atom stereocenters. The van der Waals surface area contributed by atoms with Gasteiger partial charge in [0.15, 0.2) is 23.3 Å². The number of hydrogen-bond donors (Lipinski definition) is 1. The molecule has 3 fully saturated rings. The molecule has 40 heavy (non-hydrogen) atoms. The van der Waals surface area contributed by atoms with Crippen LogP contribution in [-0.2, 0) is 23.4 Å². The fraction of sp³-hybridized carbons (Fsp3) is 0.600. The highest BCUT2D eigenvalue weighted by molar-refractivity contribution is 6.99. The summed E-state index contributed by atoms with van der Waals surface area (Å²) >= 11 is 0. The molecule has 1 saturated carbocycles. The summed E-state index contributed by atoms with van der Waals surface area (Å²) < 4.78 is 31.8. The van der Waals surface area contributed by atoms with Gasteiger partial charge in [0, 0.05) is 11.5 Å². The van der Waals surface area contributed by atoms with Crippen LogP contribution in [0.5, 0.6) is 0 Å².